The van der Waals surface area contributed by atoms with Gasteiger partial charge in [-0.3, -0.25) is 14.4 Å². The first kappa shape index (κ1) is 27.6. The van der Waals surface area contributed by atoms with Gasteiger partial charge in [-0.15, -0.1) is 0 Å². The van der Waals surface area contributed by atoms with E-state index in [1.165, 1.54) is 4.90 Å². The zero-order valence-electron chi connectivity index (χ0n) is 21.0. The highest BCUT2D eigenvalue weighted by Crippen LogP contribution is 2.23. The number of urea groups is 1. The van der Waals surface area contributed by atoms with E-state index in [1.54, 1.807) is 6.07 Å². The van der Waals surface area contributed by atoms with Crippen LogP contribution in [-0.4, -0.2) is 52.2 Å². The number of aliphatic carboxylic acids is 1. The highest BCUT2D eigenvalue weighted by atomic mass is 16.7. The van der Waals surface area contributed by atoms with Crippen molar-refractivity contribution in [2.45, 2.75) is 39.0 Å². The molecular weight excluding hydrogens is 474 g/mol. The lowest BCUT2D eigenvalue weighted by atomic mass is 10.00. The number of amides is 3. The number of hydroxylamine groups is 1. The third-order valence-corrected chi connectivity index (χ3v) is 5.68. The maximum absolute atomic E-state index is 13.2. The van der Waals surface area contributed by atoms with Gasteiger partial charge in [0.1, 0.15) is 0 Å². The van der Waals surface area contributed by atoms with Gasteiger partial charge in [0.05, 0.1) is 25.6 Å². The third-order valence-electron chi connectivity index (χ3n) is 5.68. The summed E-state index contributed by atoms with van der Waals surface area (Å²) in [5, 5.41) is 24.6. The first-order valence-electron chi connectivity index (χ1n) is 12.1. The van der Waals surface area contributed by atoms with Gasteiger partial charge < -0.3 is 20.4 Å². The standard InChI is InChI=1S/C28H33N3O6/c1-19(2)16-31(17-25(32)27(35)30-37-18-20-8-4-3-5-9-20)28(36)29-24(15-26(33)34)23-13-12-21-10-6-7-11-22(21)14-23/h3-14,19,24-25,32H,15-18H2,1-2H3,(H,29,36)(H,30,35)(H,33,34). The molecule has 0 spiro atoms. The fraction of sp³-hybridized carbons (Fsp3) is 0.321. The van der Waals surface area contributed by atoms with Crippen LogP contribution in [0.25, 0.3) is 10.8 Å². The molecule has 0 aliphatic carbocycles. The highest BCUT2D eigenvalue weighted by Gasteiger charge is 2.26. The van der Waals surface area contributed by atoms with Crippen LogP contribution in [0.2, 0.25) is 0 Å². The molecule has 2 atom stereocenters. The summed E-state index contributed by atoms with van der Waals surface area (Å²) >= 11 is 0. The van der Waals surface area contributed by atoms with E-state index in [9.17, 15) is 24.6 Å². The van der Waals surface area contributed by atoms with E-state index in [1.807, 2.05) is 80.6 Å². The fourth-order valence-corrected chi connectivity index (χ4v) is 3.90. The normalized spacial score (nSPS) is 12.6. The maximum Gasteiger partial charge on any atom is 0.318 e. The number of rotatable bonds is 12. The largest absolute Gasteiger partial charge is 0.481 e. The molecule has 4 N–H and O–H groups in total. The summed E-state index contributed by atoms with van der Waals surface area (Å²) in [5.41, 5.74) is 3.70. The number of benzene rings is 3. The minimum atomic E-state index is -1.54. The number of nitrogens with zero attached hydrogens (tertiary/aromatic N) is 1. The van der Waals surface area contributed by atoms with Crippen LogP contribution in [0.1, 0.15) is 37.4 Å². The number of aliphatic hydroxyl groups is 1. The van der Waals surface area contributed by atoms with Gasteiger partial charge in [0.15, 0.2) is 6.10 Å². The molecule has 9 nitrogen and oxygen atoms in total. The molecule has 0 bridgehead atoms. The molecule has 3 amide bonds. The molecule has 3 rings (SSSR count). The molecule has 37 heavy (non-hydrogen) atoms. The zero-order chi connectivity index (χ0) is 26.8. The number of carboxylic acids is 1. The van der Waals surface area contributed by atoms with E-state index in [2.05, 4.69) is 10.8 Å². The first-order valence-corrected chi connectivity index (χ1v) is 12.1. The Balaban J connectivity index is 1.66. The monoisotopic (exact) mass is 507 g/mol. The van der Waals surface area contributed by atoms with Crippen molar-refractivity contribution in [1.82, 2.24) is 15.7 Å². The molecule has 0 saturated carbocycles. The van der Waals surface area contributed by atoms with Crippen molar-refractivity contribution in [2.24, 2.45) is 5.92 Å². The molecule has 0 aromatic heterocycles. The van der Waals surface area contributed by atoms with E-state index in [0.29, 0.717) is 5.56 Å². The van der Waals surface area contributed by atoms with E-state index >= 15 is 0 Å². The van der Waals surface area contributed by atoms with Crippen LogP contribution in [0, 0.1) is 5.92 Å². The lowest BCUT2D eigenvalue weighted by Gasteiger charge is -2.29. The van der Waals surface area contributed by atoms with Crippen LogP contribution in [0.5, 0.6) is 0 Å². The predicted molar refractivity (Wildman–Crippen MR) is 139 cm³/mol. The molecule has 0 saturated heterocycles. The number of aliphatic hydroxyl groups excluding tert-OH is 1. The molecule has 9 heteroatoms. The number of carbonyl (C=O) groups excluding carboxylic acids is 2. The summed E-state index contributed by atoms with van der Waals surface area (Å²) in [6.45, 7) is 3.88. The maximum atomic E-state index is 13.2. The fourth-order valence-electron chi connectivity index (χ4n) is 3.90. The third kappa shape index (κ3) is 8.59. The van der Waals surface area contributed by atoms with Crippen molar-refractivity contribution in [3.63, 3.8) is 0 Å². The summed E-state index contributed by atoms with van der Waals surface area (Å²) in [6.07, 6.45) is -1.87. The van der Waals surface area contributed by atoms with Crippen molar-refractivity contribution in [2.75, 3.05) is 13.1 Å². The summed E-state index contributed by atoms with van der Waals surface area (Å²) < 4.78 is 0. The Morgan fingerprint density at radius 3 is 2.27 bits per heavy atom. The Morgan fingerprint density at radius 2 is 1.59 bits per heavy atom. The molecule has 3 aromatic carbocycles. The summed E-state index contributed by atoms with van der Waals surface area (Å²) in [5.74, 6) is -1.81. The second-order valence-corrected chi connectivity index (χ2v) is 9.26. The topological polar surface area (TPSA) is 128 Å². The molecule has 0 heterocycles. The van der Waals surface area contributed by atoms with Crippen LogP contribution in [0.15, 0.2) is 72.8 Å². The molecule has 0 radical (unpaired) electrons. The lowest BCUT2D eigenvalue weighted by molar-refractivity contribution is -0.144. The van der Waals surface area contributed by atoms with Gasteiger partial charge in [0.2, 0.25) is 0 Å². The number of carbonyl (C=O) groups is 3. The van der Waals surface area contributed by atoms with Crippen LogP contribution in [0.3, 0.4) is 0 Å². The molecule has 2 unspecified atom stereocenters. The van der Waals surface area contributed by atoms with Gasteiger partial charge in [0.25, 0.3) is 5.91 Å². The van der Waals surface area contributed by atoms with Gasteiger partial charge in [-0.05, 0) is 33.9 Å². The van der Waals surface area contributed by atoms with Crippen molar-refractivity contribution < 1.29 is 29.4 Å². The smallest absolute Gasteiger partial charge is 0.318 e. The minimum Gasteiger partial charge on any atom is -0.481 e. The Hall–Kier alpha value is -3.95. The van der Waals surface area contributed by atoms with Crippen molar-refractivity contribution in [3.05, 3.63) is 83.9 Å². The van der Waals surface area contributed by atoms with Crippen molar-refractivity contribution in [3.8, 4) is 0 Å². The number of carboxylic acid groups (broad SMARTS) is 1. The van der Waals surface area contributed by atoms with Crippen LogP contribution in [0.4, 0.5) is 4.79 Å². The highest BCUT2D eigenvalue weighted by molar-refractivity contribution is 5.84. The Bertz CT molecular complexity index is 1200. The van der Waals surface area contributed by atoms with Gasteiger partial charge in [0, 0.05) is 6.54 Å². The molecule has 196 valence electrons. The quantitative estimate of drug-likeness (QED) is 0.277. The molecule has 0 aliphatic heterocycles. The molecular formula is C28H33N3O6. The second kappa shape index (κ2) is 13.4. The number of fused-ring (bicyclic) bond motifs is 1. The van der Waals surface area contributed by atoms with Crippen LogP contribution >= 0.6 is 0 Å². The zero-order valence-corrected chi connectivity index (χ0v) is 21.0. The Kier molecular flexibility index (Phi) is 10.00. The van der Waals surface area contributed by atoms with Crippen LogP contribution < -0.4 is 10.8 Å². The van der Waals surface area contributed by atoms with E-state index in [-0.39, 0.29) is 32.0 Å². The summed E-state index contributed by atoms with van der Waals surface area (Å²) in [6, 6.07) is 21.0. The lowest BCUT2D eigenvalue weighted by Crippen LogP contribution is -2.50. The molecule has 0 fully saturated rings. The Morgan fingerprint density at radius 1 is 0.919 bits per heavy atom. The first-order chi connectivity index (χ1) is 17.7. The van der Waals surface area contributed by atoms with Crippen molar-refractivity contribution in [1.29, 1.82) is 0 Å². The van der Waals surface area contributed by atoms with Gasteiger partial charge in [-0.25, -0.2) is 10.3 Å². The molecule has 3 aromatic rings. The van der Waals surface area contributed by atoms with E-state index in [0.717, 1.165) is 16.3 Å². The van der Waals surface area contributed by atoms with Gasteiger partial charge in [-0.2, -0.15) is 0 Å². The number of hydrogen-bond acceptors (Lipinski definition) is 5. The molecule has 0 aliphatic rings. The van der Waals surface area contributed by atoms with E-state index < -0.39 is 30.1 Å². The van der Waals surface area contributed by atoms with Crippen LogP contribution in [-0.2, 0) is 21.0 Å². The Labute approximate surface area is 216 Å². The summed E-state index contributed by atoms with van der Waals surface area (Å²) in [4.78, 5) is 43.6. The average molecular weight is 508 g/mol. The van der Waals surface area contributed by atoms with E-state index in [4.69, 9.17) is 4.84 Å². The summed E-state index contributed by atoms with van der Waals surface area (Å²) in [7, 11) is 0. The average Bonchev–Trinajstić information content (AvgIpc) is 2.87. The SMILES string of the molecule is CC(C)CN(CC(O)C(=O)NOCc1ccccc1)C(=O)NC(CC(=O)O)c1ccc2ccccc2c1. The van der Waals surface area contributed by atoms with Gasteiger partial charge in [-0.1, -0.05) is 80.6 Å². The number of nitrogens with one attached hydrogen (secondary N) is 2. The second-order valence-electron chi connectivity index (χ2n) is 9.26. The van der Waals surface area contributed by atoms with Gasteiger partial charge >= 0.3 is 12.0 Å². The van der Waals surface area contributed by atoms with Crippen molar-refractivity contribution >= 4 is 28.7 Å². The predicted octanol–water partition coefficient (Wildman–Crippen LogP) is 3.63. The minimum absolute atomic E-state index is 0.0361. The number of hydrogen-bond donors (Lipinski definition) is 4.